The summed E-state index contributed by atoms with van der Waals surface area (Å²) in [5.74, 6) is 0. The van der Waals surface area contributed by atoms with Crippen LogP contribution >= 0.6 is 24.8 Å². The van der Waals surface area contributed by atoms with Crippen molar-refractivity contribution < 1.29 is 19.9 Å². The number of hydrogen-bond acceptors (Lipinski definition) is 0. The molecule has 0 aliphatic carbocycles. The van der Waals surface area contributed by atoms with Crippen LogP contribution in [0.1, 0.15) is 2.85 Å². The quantitative estimate of drug-likeness (QED) is 0.460. The molecule has 4 heavy (non-hydrogen) atoms. The first-order valence-electron chi connectivity index (χ1n) is 0. The van der Waals surface area contributed by atoms with Crippen molar-refractivity contribution in [3.05, 3.63) is 0 Å². The average Bonchev–Trinajstić information content (AvgIpc) is 0. The Bertz CT molecular complexity index is 11.5. The van der Waals surface area contributed by atoms with Crippen LogP contribution in [-0.4, -0.2) is 23.1 Å². The Hall–Kier alpha value is 1.87. The van der Waals surface area contributed by atoms with E-state index < -0.39 is 0 Å². The van der Waals surface area contributed by atoms with Crippen LogP contribution in [0, 0.1) is 0 Å². The van der Waals surface area contributed by atoms with Gasteiger partial charge in [-0.05, 0) is 0 Å². The van der Waals surface area contributed by atoms with Gasteiger partial charge in [0, 0.05) is 17.1 Å². The van der Waals surface area contributed by atoms with Crippen molar-refractivity contribution in [1.29, 1.82) is 0 Å². The van der Waals surface area contributed by atoms with Crippen molar-refractivity contribution in [1.82, 2.24) is 0 Å². The van der Waals surface area contributed by atoms with Crippen molar-refractivity contribution in [3.63, 3.8) is 0 Å². The van der Waals surface area contributed by atoms with Gasteiger partial charge in [0.2, 0.25) is 0 Å². The van der Waals surface area contributed by atoms with E-state index in [2.05, 4.69) is 0 Å². The molecule has 0 bridgehead atoms. The summed E-state index contributed by atoms with van der Waals surface area (Å²) in [5.41, 5.74) is 0. The van der Waals surface area contributed by atoms with Crippen molar-refractivity contribution in [2.24, 2.45) is 0 Å². The maximum atomic E-state index is 0. The first kappa shape index (κ1) is 39.9. The fraction of sp³-hybridized carbons (Fsp3) is 0. The van der Waals surface area contributed by atoms with Crippen LogP contribution in [0.3, 0.4) is 0 Å². The van der Waals surface area contributed by atoms with Crippen LogP contribution in [0.2, 0.25) is 0 Å². The molecule has 0 nitrogen and oxygen atoms in total. The third-order valence-electron chi connectivity index (χ3n) is 0. The van der Waals surface area contributed by atoms with Gasteiger partial charge >= 0.3 is 23.1 Å². The molecular formula is H4Cl2CuMg. The third-order valence-corrected chi connectivity index (χ3v) is 0. The largest absolute Gasteiger partial charge is 2.00 e. The minimum Gasteiger partial charge on any atom is -1.00 e. The smallest absolute Gasteiger partial charge is 1.00 e. The Kier molecular flexibility index (Phi) is 208. The standard InChI is InChI=1S/2ClH.Cu.Mg.2H/h2*1H;;;;/q;;;+2;2*-1. The van der Waals surface area contributed by atoms with Gasteiger partial charge < -0.3 is 2.85 Å². The summed E-state index contributed by atoms with van der Waals surface area (Å²) >= 11 is 0. The monoisotopic (exact) mass is 161 g/mol. The molecule has 0 fully saturated rings. The van der Waals surface area contributed by atoms with Gasteiger partial charge in [-0.15, -0.1) is 24.8 Å². The van der Waals surface area contributed by atoms with Crippen molar-refractivity contribution in [3.8, 4) is 0 Å². The molecule has 0 heterocycles. The van der Waals surface area contributed by atoms with E-state index in [-0.39, 0.29) is 67.8 Å². The summed E-state index contributed by atoms with van der Waals surface area (Å²) < 4.78 is 0. The molecule has 0 aromatic carbocycles. The molecule has 0 aliphatic heterocycles. The topological polar surface area (TPSA) is 0 Å². The second kappa shape index (κ2) is 20.9. The van der Waals surface area contributed by atoms with Gasteiger partial charge in [0.15, 0.2) is 0 Å². The third kappa shape index (κ3) is 9.12. The molecule has 0 spiro atoms. The maximum absolute atomic E-state index is 0. The molecule has 0 unspecified atom stereocenters. The van der Waals surface area contributed by atoms with Crippen LogP contribution in [-0.2, 0) is 17.1 Å². The second-order valence-corrected chi connectivity index (χ2v) is 0. The van der Waals surface area contributed by atoms with Gasteiger partial charge in [-0.3, -0.25) is 0 Å². The van der Waals surface area contributed by atoms with Gasteiger partial charge in [-0.1, -0.05) is 0 Å². The number of halogens is 2. The zero-order valence-corrected chi connectivity index (χ0v) is 5.81. The Morgan fingerprint density at radius 3 is 1.00 bits per heavy atom. The van der Waals surface area contributed by atoms with Gasteiger partial charge in [0.25, 0.3) is 0 Å². The summed E-state index contributed by atoms with van der Waals surface area (Å²) in [6, 6.07) is 0. The van der Waals surface area contributed by atoms with Gasteiger partial charge in [0.05, 0.1) is 0 Å². The number of rotatable bonds is 0. The van der Waals surface area contributed by atoms with E-state index >= 15 is 0 Å². The minimum absolute atomic E-state index is 0. The Morgan fingerprint density at radius 2 is 1.00 bits per heavy atom. The summed E-state index contributed by atoms with van der Waals surface area (Å²) in [6.45, 7) is 0. The first-order valence-corrected chi connectivity index (χ1v) is 0. The van der Waals surface area contributed by atoms with E-state index in [0.29, 0.717) is 0 Å². The van der Waals surface area contributed by atoms with Crippen LogP contribution in [0.5, 0.6) is 0 Å². The molecule has 4 heteroatoms. The van der Waals surface area contributed by atoms with Crippen molar-refractivity contribution in [2.75, 3.05) is 0 Å². The maximum Gasteiger partial charge on any atom is 2.00 e. The average molecular weight is 163 g/mol. The van der Waals surface area contributed by atoms with E-state index in [1.54, 1.807) is 0 Å². The van der Waals surface area contributed by atoms with Gasteiger partial charge in [-0.25, -0.2) is 0 Å². The van der Waals surface area contributed by atoms with Gasteiger partial charge in [0.1, 0.15) is 0 Å². The van der Waals surface area contributed by atoms with E-state index in [1.165, 1.54) is 0 Å². The predicted octanol–water partition coefficient (Wildman–Crippen LogP) is 0.685. The fourth-order valence-corrected chi connectivity index (χ4v) is 0. The van der Waals surface area contributed by atoms with Crippen LogP contribution < -0.4 is 0 Å². The zero-order valence-electron chi connectivity index (χ0n) is 3.83. The molecule has 31 valence electrons. The van der Waals surface area contributed by atoms with Crippen molar-refractivity contribution in [2.45, 2.75) is 0 Å². The summed E-state index contributed by atoms with van der Waals surface area (Å²) in [6.07, 6.45) is 0. The van der Waals surface area contributed by atoms with E-state index in [4.69, 9.17) is 0 Å². The van der Waals surface area contributed by atoms with E-state index in [0.717, 1.165) is 0 Å². The molecule has 0 aliphatic rings. The SMILES string of the molecule is Cl.Cl.[Cu].[H-].[H-].[Mg+2]. The molecular weight excluding hydrogens is 159 g/mol. The summed E-state index contributed by atoms with van der Waals surface area (Å²) in [7, 11) is 0. The van der Waals surface area contributed by atoms with E-state index in [1.807, 2.05) is 0 Å². The van der Waals surface area contributed by atoms with Crippen molar-refractivity contribution >= 4 is 47.9 Å². The zero-order chi connectivity index (χ0) is 0. The molecule has 0 N–H and O–H groups in total. The van der Waals surface area contributed by atoms with Crippen LogP contribution in [0.25, 0.3) is 0 Å². The van der Waals surface area contributed by atoms with Gasteiger partial charge in [-0.2, -0.15) is 0 Å². The molecule has 0 atom stereocenters. The molecule has 0 aromatic heterocycles. The minimum atomic E-state index is 0. The van der Waals surface area contributed by atoms with Crippen LogP contribution in [0.4, 0.5) is 0 Å². The first-order chi connectivity index (χ1) is 0. The normalized spacial score (nSPS) is 0. The molecule has 0 saturated heterocycles. The molecule has 0 amide bonds. The summed E-state index contributed by atoms with van der Waals surface area (Å²) in [5, 5.41) is 0. The Balaban J connectivity index is 0. The van der Waals surface area contributed by atoms with E-state index in [9.17, 15) is 0 Å². The molecule has 0 aromatic rings. The number of hydrogen-bond donors (Lipinski definition) is 0. The molecule has 0 saturated carbocycles. The molecule has 0 rings (SSSR count). The Labute approximate surface area is 67.5 Å². The second-order valence-electron chi connectivity index (χ2n) is 0. The van der Waals surface area contributed by atoms with Crippen LogP contribution in [0.15, 0.2) is 0 Å². The predicted molar refractivity (Wildman–Crippen MR) is 22.5 cm³/mol. The molecule has 1 radical (unpaired) electrons. The fourth-order valence-electron chi connectivity index (χ4n) is 0. The summed E-state index contributed by atoms with van der Waals surface area (Å²) in [4.78, 5) is 0. The Morgan fingerprint density at radius 1 is 1.00 bits per heavy atom.